The summed E-state index contributed by atoms with van der Waals surface area (Å²) < 4.78 is 1.14. The molecule has 0 saturated carbocycles. The van der Waals surface area contributed by atoms with Crippen molar-refractivity contribution in [2.45, 2.75) is 17.4 Å². The summed E-state index contributed by atoms with van der Waals surface area (Å²) in [5.41, 5.74) is 0.917. The molecule has 0 bridgehead atoms. The predicted octanol–water partition coefficient (Wildman–Crippen LogP) is 3.42. The van der Waals surface area contributed by atoms with Gasteiger partial charge in [0.05, 0.1) is 12.5 Å². The van der Waals surface area contributed by atoms with Crippen LogP contribution in [0.5, 0.6) is 0 Å². The van der Waals surface area contributed by atoms with Gasteiger partial charge in [-0.05, 0) is 11.6 Å². The number of fused-ring (bicyclic) bond motifs is 1. The molecule has 1 aromatic carbocycles. The lowest BCUT2D eigenvalue weighted by Crippen LogP contribution is -1.83. The first-order valence-electron chi connectivity index (χ1n) is 4.17. The van der Waals surface area contributed by atoms with Gasteiger partial charge in [0, 0.05) is 19.9 Å². The maximum absolute atomic E-state index is 9.18. The molecule has 0 spiro atoms. The van der Waals surface area contributed by atoms with E-state index < -0.39 is 0 Å². The lowest BCUT2D eigenvalue weighted by atomic mass is 10.1. The average molecular weight is 245 g/mol. The molecule has 4 heteroatoms. The summed E-state index contributed by atoms with van der Waals surface area (Å²) in [6, 6.07) is 5.87. The van der Waals surface area contributed by atoms with Crippen LogP contribution in [-0.4, -0.2) is 5.11 Å². The van der Waals surface area contributed by atoms with Crippen LogP contribution in [0, 0.1) is 0 Å². The molecule has 0 atom stereocenters. The molecule has 0 saturated heterocycles. The SMILES string of the molecule is OCc1cccc2sc(CCl)c(S)c12. The minimum absolute atomic E-state index is 0.0450. The van der Waals surface area contributed by atoms with Gasteiger partial charge < -0.3 is 5.11 Å². The second kappa shape index (κ2) is 4.11. The highest BCUT2D eigenvalue weighted by Gasteiger charge is 2.10. The Balaban J connectivity index is 2.79. The van der Waals surface area contributed by atoms with Crippen LogP contribution in [0.25, 0.3) is 10.1 Å². The Kier molecular flexibility index (Phi) is 3.02. The Bertz CT molecular complexity index is 464. The lowest BCUT2D eigenvalue weighted by Gasteiger charge is -1.99. The predicted molar refractivity (Wildman–Crippen MR) is 64.6 cm³/mol. The first-order valence-corrected chi connectivity index (χ1v) is 5.96. The maximum Gasteiger partial charge on any atom is 0.0688 e. The fourth-order valence-electron chi connectivity index (χ4n) is 1.47. The van der Waals surface area contributed by atoms with Crippen molar-refractivity contribution >= 4 is 45.7 Å². The third-order valence-electron chi connectivity index (χ3n) is 2.14. The van der Waals surface area contributed by atoms with Gasteiger partial charge in [-0.25, -0.2) is 0 Å². The van der Waals surface area contributed by atoms with Gasteiger partial charge in [-0.1, -0.05) is 12.1 Å². The lowest BCUT2D eigenvalue weighted by molar-refractivity contribution is 0.283. The molecule has 0 aliphatic carbocycles. The third-order valence-corrected chi connectivity index (χ3v) is 4.36. The minimum Gasteiger partial charge on any atom is -0.392 e. The van der Waals surface area contributed by atoms with Crippen molar-refractivity contribution in [3.8, 4) is 0 Å². The van der Waals surface area contributed by atoms with E-state index in [4.69, 9.17) is 11.6 Å². The Morgan fingerprint density at radius 1 is 1.43 bits per heavy atom. The van der Waals surface area contributed by atoms with E-state index in [9.17, 15) is 5.11 Å². The third kappa shape index (κ3) is 1.54. The number of hydrogen-bond acceptors (Lipinski definition) is 3. The number of hydrogen-bond donors (Lipinski definition) is 2. The van der Waals surface area contributed by atoms with E-state index in [2.05, 4.69) is 12.6 Å². The van der Waals surface area contributed by atoms with E-state index in [-0.39, 0.29) is 6.61 Å². The minimum atomic E-state index is 0.0450. The zero-order chi connectivity index (χ0) is 10.1. The van der Waals surface area contributed by atoms with Crippen molar-refractivity contribution in [1.82, 2.24) is 0 Å². The fourth-order valence-corrected chi connectivity index (χ4v) is 3.42. The Morgan fingerprint density at radius 3 is 2.86 bits per heavy atom. The van der Waals surface area contributed by atoms with Gasteiger partial charge in [-0.2, -0.15) is 0 Å². The molecule has 0 unspecified atom stereocenters. The summed E-state index contributed by atoms with van der Waals surface area (Å²) in [6.07, 6.45) is 0. The largest absolute Gasteiger partial charge is 0.392 e. The van der Waals surface area contributed by atoms with Crippen LogP contribution < -0.4 is 0 Å². The van der Waals surface area contributed by atoms with Gasteiger partial charge >= 0.3 is 0 Å². The van der Waals surface area contributed by atoms with Crippen LogP contribution in [-0.2, 0) is 12.5 Å². The number of alkyl halides is 1. The molecule has 2 aromatic rings. The summed E-state index contributed by atoms with van der Waals surface area (Å²) in [5.74, 6) is 0.475. The molecule has 0 radical (unpaired) electrons. The number of halogens is 1. The average Bonchev–Trinajstić information content (AvgIpc) is 2.55. The summed E-state index contributed by atoms with van der Waals surface area (Å²) in [5, 5.41) is 10.2. The number of aliphatic hydroxyl groups is 1. The van der Waals surface area contributed by atoms with Crippen LogP contribution in [0.2, 0.25) is 0 Å². The number of thiophene rings is 1. The quantitative estimate of drug-likeness (QED) is 0.613. The molecule has 0 fully saturated rings. The second-order valence-electron chi connectivity index (χ2n) is 2.96. The molecule has 1 nitrogen and oxygen atoms in total. The van der Waals surface area contributed by atoms with E-state index in [1.807, 2.05) is 18.2 Å². The van der Waals surface area contributed by atoms with Crippen LogP contribution in [0.1, 0.15) is 10.4 Å². The first kappa shape index (κ1) is 10.3. The van der Waals surface area contributed by atoms with Crippen molar-refractivity contribution in [2.24, 2.45) is 0 Å². The molecular formula is C10H9ClOS2. The topological polar surface area (TPSA) is 20.2 Å². The van der Waals surface area contributed by atoms with Gasteiger partial charge in [0.1, 0.15) is 0 Å². The van der Waals surface area contributed by atoms with Crippen LogP contribution in [0.3, 0.4) is 0 Å². The Morgan fingerprint density at radius 2 is 2.21 bits per heavy atom. The van der Waals surface area contributed by atoms with Gasteiger partial charge in [0.25, 0.3) is 0 Å². The number of thiol groups is 1. The van der Waals surface area contributed by atoms with Gasteiger partial charge in [0.2, 0.25) is 0 Å². The normalized spacial score (nSPS) is 11.1. The summed E-state index contributed by atoms with van der Waals surface area (Å²) >= 11 is 11.9. The maximum atomic E-state index is 9.18. The van der Waals surface area contributed by atoms with E-state index in [1.165, 1.54) is 0 Å². The van der Waals surface area contributed by atoms with Crippen LogP contribution >= 0.6 is 35.6 Å². The van der Waals surface area contributed by atoms with Gasteiger partial charge in [-0.15, -0.1) is 35.6 Å². The highest BCUT2D eigenvalue weighted by Crippen LogP contribution is 2.36. The van der Waals surface area contributed by atoms with E-state index in [0.717, 1.165) is 25.4 Å². The van der Waals surface area contributed by atoms with Crippen molar-refractivity contribution in [3.63, 3.8) is 0 Å². The molecule has 1 heterocycles. The molecule has 1 N–H and O–H groups in total. The number of benzene rings is 1. The Hall–Kier alpha value is -0.220. The summed E-state index contributed by atoms with van der Waals surface area (Å²) in [6.45, 7) is 0.0450. The zero-order valence-electron chi connectivity index (χ0n) is 7.33. The molecule has 14 heavy (non-hydrogen) atoms. The second-order valence-corrected chi connectivity index (χ2v) is 4.81. The van der Waals surface area contributed by atoms with Crippen molar-refractivity contribution in [1.29, 1.82) is 0 Å². The monoisotopic (exact) mass is 244 g/mol. The smallest absolute Gasteiger partial charge is 0.0688 e. The molecule has 0 aliphatic rings. The molecular weight excluding hydrogens is 236 g/mol. The van der Waals surface area contributed by atoms with Crippen LogP contribution in [0.15, 0.2) is 23.1 Å². The van der Waals surface area contributed by atoms with Crippen molar-refractivity contribution in [2.75, 3.05) is 0 Å². The van der Waals surface area contributed by atoms with Crippen LogP contribution in [0.4, 0.5) is 0 Å². The number of rotatable bonds is 2. The molecule has 74 valence electrons. The molecule has 1 aromatic heterocycles. The molecule has 0 amide bonds. The van der Waals surface area contributed by atoms with E-state index in [1.54, 1.807) is 11.3 Å². The van der Waals surface area contributed by atoms with Gasteiger partial charge in [-0.3, -0.25) is 0 Å². The van der Waals surface area contributed by atoms with E-state index in [0.29, 0.717) is 5.88 Å². The van der Waals surface area contributed by atoms with Crippen molar-refractivity contribution < 1.29 is 5.11 Å². The van der Waals surface area contributed by atoms with E-state index >= 15 is 0 Å². The highest BCUT2D eigenvalue weighted by molar-refractivity contribution is 7.80. The molecule has 2 rings (SSSR count). The summed E-state index contributed by atoms with van der Waals surface area (Å²) in [7, 11) is 0. The first-order chi connectivity index (χ1) is 6.77. The fraction of sp³-hybridized carbons (Fsp3) is 0.200. The standard InChI is InChI=1S/C10H9ClOS2/c11-4-8-10(13)9-6(5-12)2-1-3-7(9)14-8/h1-3,12-13H,4-5H2. The number of aliphatic hydroxyl groups excluding tert-OH is 1. The highest BCUT2D eigenvalue weighted by atomic mass is 35.5. The Labute approximate surface area is 96.7 Å². The zero-order valence-corrected chi connectivity index (χ0v) is 9.79. The van der Waals surface area contributed by atoms with Crippen molar-refractivity contribution in [3.05, 3.63) is 28.6 Å². The summed E-state index contributed by atoms with van der Waals surface area (Å²) in [4.78, 5) is 1.97. The van der Waals surface area contributed by atoms with Gasteiger partial charge in [0.15, 0.2) is 0 Å². The molecule has 0 aliphatic heterocycles.